The Morgan fingerprint density at radius 2 is 1.71 bits per heavy atom. The number of hydrogen-bond acceptors (Lipinski definition) is 2. The molecule has 0 heterocycles. The highest BCUT2D eigenvalue weighted by Gasteiger charge is 2.11. The molecule has 1 nitrogen and oxygen atoms in total. The van der Waals surface area contributed by atoms with Crippen LogP contribution in [0.5, 0.6) is 0 Å². The molecular weight excluding hydrogens is 283 g/mol. The maximum atomic E-state index is 13.3. The quantitative estimate of drug-likeness (QED) is 0.718. The SMILES string of the molecule is C[C@H](O)c1cc(F)ccc1Sc1ccc2ccccc2c1. The number of halogens is 1. The van der Waals surface area contributed by atoms with E-state index in [2.05, 4.69) is 24.3 Å². The van der Waals surface area contributed by atoms with E-state index in [9.17, 15) is 9.50 Å². The molecule has 0 aromatic heterocycles. The molecule has 1 atom stereocenters. The van der Waals surface area contributed by atoms with Gasteiger partial charge in [0.05, 0.1) is 6.10 Å². The Kier molecular flexibility index (Phi) is 3.95. The number of rotatable bonds is 3. The summed E-state index contributed by atoms with van der Waals surface area (Å²) in [7, 11) is 0. The number of fused-ring (bicyclic) bond motifs is 1. The van der Waals surface area contributed by atoms with Crippen molar-refractivity contribution in [2.75, 3.05) is 0 Å². The van der Waals surface area contributed by atoms with Gasteiger partial charge in [-0.05, 0) is 53.6 Å². The van der Waals surface area contributed by atoms with Gasteiger partial charge in [-0.1, -0.05) is 42.1 Å². The van der Waals surface area contributed by atoms with E-state index < -0.39 is 6.10 Å². The van der Waals surface area contributed by atoms with Gasteiger partial charge in [0.1, 0.15) is 5.82 Å². The summed E-state index contributed by atoms with van der Waals surface area (Å²) in [6, 6.07) is 18.9. The lowest BCUT2D eigenvalue weighted by Crippen LogP contribution is -1.95. The predicted molar refractivity (Wildman–Crippen MR) is 85.1 cm³/mol. The minimum atomic E-state index is -0.691. The maximum Gasteiger partial charge on any atom is 0.123 e. The predicted octanol–water partition coefficient (Wildman–Crippen LogP) is 5.18. The summed E-state index contributed by atoms with van der Waals surface area (Å²) in [5.41, 5.74) is 0.619. The molecule has 0 unspecified atom stereocenters. The van der Waals surface area contributed by atoms with Crippen molar-refractivity contribution < 1.29 is 9.50 Å². The first-order chi connectivity index (χ1) is 10.1. The second-order valence-electron chi connectivity index (χ2n) is 4.97. The molecule has 3 aromatic carbocycles. The Labute approximate surface area is 127 Å². The fourth-order valence-corrected chi connectivity index (χ4v) is 3.36. The molecule has 3 rings (SSSR count). The zero-order valence-electron chi connectivity index (χ0n) is 11.6. The number of benzene rings is 3. The van der Waals surface area contributed by atoms with Gasteiger partial charge in [0.2, 0.25) is 0 Å². The first-order valence-corrected chi connectivity index (χ1v) is 7.59. The van der Waals surface area contributed by atoms with Gasteiger partial charge in [0, 0.05) is 9.79 Å². The van der Waals surface area contributed by atoms with Crippen LogP contribution in [0.4, 0.5) is 4.39 Å². The molecule has 3 aromatic rings. The van der Waals surface area contributed by atoms with Gasteiger partial charge in [-0.3, -0.25) is 0 Å². The van der Waals surface area contributed by atoms with Gasteiger partial charge in [0.15, 0.2) is 0 Å². The van der Waals surface area contributed by atoms with Crippen LogP contribution in [0.25, 0.3) is 10.8 Å². The summed E-state index contributed by atoms with van der Waals surface area (Å²) >= 11 is 1.54. The fraction of sp³-hybridized carbons (Fsp3) is 0.111. The van der Waals surface area contributed by atoms with E-state index >= 15 is 0 Å². The summed E-state index contributed by atoms with van der Waals surface area (Å²) in [5, 5.41) is 12.2. The largest absolute Gasteiger partial charge is 0.389 e. The molecule has 0 spiro atoms. The standard InChI is InChI=1S/C18H15FOS/c1-12(20)17-11-15(19)7-9-18(17)21-16-8-6-13-4-2-3-5-14(13)10-16/h2-12,20H,1H3/t12-/m0/s1. The molecule has 0 saturated carbocycles. The van der Waals surface area contributed by atoms with Crippen LogP contribution >= 0.6 is 11.8 Å². The molecule has 0 aliphatic heterocycles. The molecule has 3 heteroatoms. The highest BCUT2D eigenvalue weighted by atomic mass is 32.2. The van der Waals surface area contributed by atoms with Crippen LogP contribution in [-0.2, 0) is 0 Å². The third kappa shape index (κ3) is 3.09. The van der Waals surface area contributed by atoms with Crippen LogP contribution in [0.3, 0.4) is 0 Å². The van der Waals surface area contributed by atoms with E-state index in [1.165, 1.54) is 34.7 Å². The number of aliphatic hydroxyl groups is 1. The van der Waals surface area contributed by atoms with E-state index in [1.807, 2.05) is 18.2 Å². The minimum absolute atomic E-state index is 0.325. The van der Waals surface area contributed by atoms with Crippen molar-refractivity contribution in [1.29, 1.82) is 0 Å². The third-order valence-corrected chi connectivity index (χ3v) is 4.45. The van der Waals surface area contributed by atoms with Gasteiger partial charge in [-0.2, -0.15) is 0 Å². The highest BCUT2D eigenvalue weighted by molar-refractivity contribution is 7.99. The summed E-state index contributed by atoms with van der Waals surface area (Å²) in [5.74, 6) is -0.325. The fourth-order valence-electron chi connectivity index (χ4n) is 2.30. The van der Waals surface area contributed by atoms with Crippen LogP contribution in [0.15, 0.2) is 70.5 Å². The lowest BCUT2D eigenvalue weighted by molar-refractivity contribution is 0.196. The van der Waals surface area contributed by atoms with E-state index in [-0.39, 0.29) is 5.82 Å². The molecule has 0 amide bonds. The Bertz CT molecular complexity index is 783. The summed E-state index contributed by atoms with van der Waals surface area (Å²) < 4.78 is 13.3. The van der Waals surface area contributed by atoms with Gasteiger partial charge in [0.25, 0.3) is 0 Å². The molecule has 0 radical (unpaired) electrons. The Balaban J connectivity index is 1.98. The Hall–Kier alpha value is -1.84. The van der Waals surface area contributed by atoms with Crippen molar-refractivity contribution in [3.8, 4) is 0 Å². The summed E-state index contributed by atoms with van der Waals surface area (Å²) in [6.07, 6.45) is -0.691. The van der Waals surface area contributed by atoms with Crippen LogP contribution in [-0.4, -0.2) is 5.11 Å². The second-order valence-corrected chi connectivity index (χ2v) is 6.08. The molecule has 106 valence electrons. The average molecular weight is 298 g/mol. The normalized spacial score (nSPS) is 12.5. The molecule has 0 saturated heterocycles. The monoisotopic (exact) mass is 298 g/mol. The van der Waals surface area contributed by atoms with Crippen LogP contribution in [0, 0.1) is 5.82 Å². The van der Waals surface area contributed by atoms with Gasteiger partial charge in [-0.25, -0.2) is 4.39 Å². The van der Waals surface area contributed by atoms with Crippen molar-refractivity contribution >= 4 is 22.5 Å². The zero-order chi connectivity index (χ0) is 14.8. The zero-order valence-corrected chi connectivity index (χ0v) is 12.4. The number of aliphatic hydroxyl groups excluding tert-OH is 1. The van der Waals surface area contributed by atoms with Gasteiger partial charge >= 0.3 is 0 Å². The number of hydrogen-bond donors (Lipinski definition) is 1. The molecule has 21 heavy (non-hydrogen) atoms. The average Bonchev–Trinajstić information content (AvgIpc) is 2.49. The Morgan fingerprint density at radius 1 is 0.952 bits per heavy atom. The van der Waals surface area contributed by atoms with Gasteiger partial charge in [-0.15, -0.1) is 0 Å². The minimum Gasteiger partial charge on any atom is -0.389 e. The first kappa shape index (κ1) is 14.1. The van der Waals surface area contributed by atoms with E-state index in [0.717, 1.165) is 9.79 Å². The van der Waals surface area contributed by atoms with E-state index in [4.69, 9.17) is 0 Å². The van der Waals surface area contributed by atoms with Crippen molar-refractivity contribution in [2.45, 2.75) is 22.8 Å². The molecular formula is C18H15FOS. The van der Waals surface area contributed by atoms with Crippen LogP contribution in [0.2, 0.25) is 0 Å². The van der Waals surface area contributed by atoms with E-state index in [0.29, 0.717) is 5.56 Å². The molecule has 0 aliphatic rings. The first-order valence-electron chi connectivity index (χ1n) is 6.77. The summed E-state index contributed by atoms with van der Waals surface area (Å²) in [6.45, 7) is 1.65. The summed E-state index contributed by atoms with van der Waals surface area (Å²) in [4.78, 5) is 1.95. The maximum absolute atomic E-state index is 13.3. The van der Waals surface area contributed by atoms with Crippen LogP contribution < -0.4 is 0 Å². The smallest absolute Gasteiger partial charge is 0.123 e. The molecule has 0 bridgehead atoms. The van der Waals surface area contributed by atoms with Crippen LogP contribution in [0.1, 0.15) is 18.6 Å². The van der Waals surface area contributed by atoms with Crippen molar-refractivity contribution in [3.05, 3.63) is 72.0 Å². The molecule has 0 aliphatic carbocycles. The lowest BCUT2D eigenvalue weighted by Gasteiger charge is -2.12. The van der Waals surface area contributed by atoms with Crippen molar-refractivity contribution in [1.82, 2.24) is 0 Å². The van der Waals surface area contributed by atoms with E-state index in [1.54, 1.807) is 13.0 Å². The lowest BCUT2D eigenvalue weighted by atomic mass is 10.1. The second kappa shape index (κ2) is 5.88. The Morgan fingerprint density at radius 3 is 2.48 bits per heavy atom. The third-order valence-electron chi connectivity index (χ3n) is 3.37. The van der Waals surface area contributed by atoms with Crippen molar-refractivity contribution in [3.63, 3.8) is 0 Å². The van der Waals surface area contributed by atoms with Crippen molar-refractivity contribution in [2.24, 2.45) is 0 Å². The topological polar surface area (TPSA) is 20.2 Å². The molecule has 1 N–H and O–H groups in total. The highest BCUT2D eigenvalue weighted by Crippen LogP contribution is 2.35. The molecule has 0 fully saturated rings. The van der Waals surface area contributed by atoms with Gasteiger partial charge < -0.3 is 5.11 Å².